The summed E-state index contributed by atoms with van der Waals surface area (Å²) in [6, 6.07) is 2.14. The van der Waals surface area contributed by atoms with Crippen LogP contribution in [0.15, 0.2) is 0 Å². The molecule has 2 heterocycles. The zero-order valence-electron chi connectivity index (χ0n) is 9.66. The summed E-state index contributed by atoms with van der Waals surface area (Å²) in [4.78, 5) is 2.23. The summed E-state index contributed by atoms with van der Waals surface area (Å²) < 4.78 is 4.05. The van der Waals surface area contributed by atoms with Crippen LogP contribution in [0.1, 0.15) is 32.3 Å². The normalized spacial score (nSPS) is 19.4. The van der Waals surface area contributed by atoms with Crippen molar-refractivity contribution in [3.63, 3.8) is 0 Å². The molecule has 16 heavy (non-hydrogen) atoms. The molecule has 0 bridgehead atoms. The van der Waals surface area contributed by atoms with Gasteiger partial charge < -0.3 is 10.6 Å². The summed E-state index contributed by atoms with van der Waals surface area (Å²) in [6.45, 7) is 6.56. The third-order valence-corrected chi connectivity index (χ3v) is 4.14. The minimum atomic E-state index is 0.368. The molecular weight excluding hydrogens is 220 g/mol. The summed E-state index contributed by atoms with van der Waals surface area (Å²) in [5.74, 6) is 0.368. The Morgan fingerprint density at radius 2 is 2.06 bits per heavy atom. The molecule has 1 aliphatic rings. The van der Waals surface area contributed by atoms with Gasteiger partial charge in [0.2, 0.25) is 0 Å². The highest BCUT2D eigenvalue weighted by Crippen LogP contribution is 2.36. The van der Waals surface area contributed by atoms with Crippen LogP contribution in [0.2, 0.25) is 0 Å². The zero-order chi connectivity index (χ0) is 11.8. The average molecular weight is 236 g/mol. The van der Waals surface area contributed by atoms with E-state index < -0.39 is 0 Å². The van der Waals surface area contributed by atoms with Crippen molar-refractivity contribution in [2.75, 3.05) is 23.7 Å². The average Bonchev–Trinajstić information content (AvgIpc) is 2.59. The number of anilines is 2. The van der Waals surface area contributed by atoms with Crippen LogP contribution in [0, 0.1) is 16.7 Å². The molecule has 0 spiro atoms. The minimum absolute atomic E-state index is 0.368. The number of nitrogens with two attached hydrogens (primary N) is 1. The number of nitriles is 1. The fourth-order valence-corrected chi connectivity index (χ4v) is 2.74. The van der Waals surface area contributed by atoms with Crippen LogP contribution in [0.25, 0.3) is 0 Å². The number of nitrogens with zero attached hydrogens (tertiary/aromatic N) is 3. The Morgan fingerprint density at radius 3 is 2.62 bits per heavy atom. The fourth-order valence-electron chi connectivity index (χ4n) is 1.93. The lowest BCUT2D eigenvalue weighted by molar-refractivity contribution is 0.280. The second-order valence-corrected chi connectivity index (χ2v) is 5.76. The summed E-state index contributed by atoms with van der Waals surface area (Å²) in [7, 11) is 0. The molecule has 0 amide bonds. The molecule has 1 aromatic heterocycles. The van der Waals surface area contributed by atoms with Crippen LogP contribution in [0.5, 0.6) is 0 Å². The Labute approximate surface area is 99.8 Å². The number of aromatic nitrogens is 1. The zero-order valence-corrected chi connectivity index (χ0v) is 10.5. The first-order chi connectivity index (χ1) is 7.53. The second kappa shape index (κ2) is 3.95. The lowest BCUT2D eigenvalue weighted by atomic mass is 9.83. The highest BCUT2D eigenvalue weighted by atomic mass is 32.1. The Morgan fingerprint density at radius 1 is 1.44 bits per heavy atom. The maximum absolute atomic E-state index is 9.03. The van der Waals surface area contributed by atoms with Gasteiger partial charge in [-0.25, -0.2) is 0 Å². The van der Waals surface area contributed by atoms with Gasteiger partial charge in [0.05, 0.1) is 0 Å². The van der Waals surface area contributed by atoms with Crippen LogP contribution >= 0.6 is 11.5 Å². The summed E-state index contributed by atoms with van der Waals surface area (Å²) >= 11 is 1.34. The SMILES string of the molecule is CC1(C)CCN(c2snc(N)c2C#N)CC1. The van der Waals surface area contributed by atoms with Gasteiger partial charge in [-0.1, -0.05) is 13.8 Å². The highest BCUT2D eigenvalue weighted by Gasteiger charge is 2.28. The topological polar surface area (TPSA) is 65.9 Å². The van der Waals surface area contributed by atoms with Gasteiger partial charge in [-0.05, 0) is 29.8 Å². The van der Waals surface area contributed by atoms with E-state index in [1.807, 2.05) is 0 Å². The first-order valence-electron chi connectivity index (χ1n) is 5.44. The third kappa shape index (κ3) is 1.98. The van der Waals surface area contributed by atoms with Gasteiger partial charge in [0.1, 0.15) is 16.6 Å². The third-order valence-electron chi connectivity index (χ3n) is 3.22. The maximum Gasteiger partial charge on any atom is 0.157 e. The van der Waals surface area contributed by atoms with Crippen molar-refractivity contribution in [1.29, 1.82) is 5.26 Å². The van der Waals surface area contributed by atoms with Crippen molar-refractivity contribution >= 4 is 22.4 Å². The minimum Gasteiger partial charge on any atom is -0.382 e. The molecule has 2 N–H and O–H groups in total. The number of rotatable bonds is 1. The molecule has 86 valence electrons. The molecule has 0 radical (unpaired) electrons. The predicted octanol–water partition coefficient (Wildman–Crippen LogP) is 2.22. The van der Waals surface area contributed by atoms with Crippen LogP contribution in [0.4, 0.5) is 10.8 Å². The largest absolute Gasteiger partial charge is 0.382 e. The van der Waals surface area contributed by atoms with Crippen LogP contribution < -0.4 is 10.6 Å². The summed E-state index contributed by atoms with van der Waals surface area (Å²) in [5.41, 5.74) is 6.62. The lowest BCUT2D eigenvalue weighted by Gasteiger charge is -2.37. The van der Waals surface area contributed by atoms with Crippen molar-refractivity contribution in [2.24, 2.45) is 5.41 Å². The quantitative estimate of drug-likeness (QED) is 0.812. The molecule has 1 aromatic rings. The maximum atomic E-state index is 9.03. The molecule has 0 unspecified atom stereocenters. The van der Waals surface area contributed by atoms with Gasteiger partial charge in [-0.2, -0.15) is 9.64 Å². The molecule has 1 aliphatic heterocycles. The number of hydrogen-bond acceptors (Lipinski definition) is 5. The lowest BCUT2D eigenvalue weighted by Crippen LogP contribution is -2.37. The van der Waals surface area contributed by atoms with Crippen molar-refractivity contribution in [1.82, 2.24) is 4.37 Å². The Bertz CT molecular complexity index is 420. The number of hydrogen-bond donors (Lipinski definition) is 1. The van der Waals surface area contributed by atoms with Gasteiger partial charge in [0.15, 0.2) is 5.82 Å². The van der Waals surface area contributed by atoms with Crippen molar-refractivity contribution in [3.05, 3.63) is 5.56 Å². The van der Waals surface area contributed by atoms with Crippen LogP contribution in [0.3, 0.4) is 0 Å². The Hall–Kier alpha value is -1.28. The van der Waals surface area contributed by atoms with E-state index >= 15 is 0 Å². The molecule has 0 saturated carbocycles. The van der Waals surface area contributed by atoms with E-state index in [4.69, 9.17) is 11.0 Å². The fraction of sp³-hybridized carbons (Fsp3) is 0.636. The number of nitrogen functional groups attached to an aromatic ring is 1. The molecule has 0 atom stereocenters. The monoisotopic (exact) mass is 236 g/mol. The van der Waals surface area contributed by atoms with E-state index in [9.17, 15) is 0 Å². The van der Waals surface area contributed by atoms with Crippen molar-refractivity contribution in [3.8, 4) is 6.07 Å². The second-order valence-electron chi connectivity index (χ2n) is 5.01. The number of piperidine rings is 1. The van der Waals surface area contributed by atoms with E-state index in [1.165, 1.54) is 11.5 Å². The van der Waals surface area contributed by atoms with Gasteiger partial charge in [-0.3, -0.25) is 0 Å². The van der Waals surface area contributed by atoms with E-state index in [1.54, 1.807) is 0 Å². The van der Waals surface area contributed by atoms with E-state index in [0.717, 1.165) is 30.9 Å². The van der Waals surface area contributed by atoms with E-state index in [2.05, 4.69) is 29.2 Å². The molecule has 1 fully saturated rings. The van der Waals surface area contributed by atoms with E-state index in [0.29, 0.717) is 16.8 Å². The summed E-state index contributed by atoms with van der Waals surface area (Å²) in [5, 5.41) is 9.97. The van der Waals surface area contributed by atoms with E-state index in [-0.39, 0.29) is 0 Å². The first kappa shape index (κ1) is 11.2. The standard InChI is InChI=1S/C11H16N4S/c1-11(2)3-5-15(6-4-11)10-8(7-12)9(13)14-16-10/h3-6H2,1-2H3,(H2,13,14). The molecule has 0 aromatic carbocycles. The van der Waals surface area contributed by atoms with Gasteiger partial charge >= 0.3 is 0 Å². The van der Waals surface area contributed by atoms with Gasteiger partial charge in [0.25, 0.3) is 0 Å². The molecule has 4 nitrogen and oxygen atoms in total. The predicted molar refractivity (Wildman–Crippen MR) is 66.5 cm³/mol. The molecule has 5 heteroatoms. The highest BCUT2D eigenvalue weighted by molar-refractivity contribution is 7.10. The van der Waals surface area contributed by atoms with Crippen LogP contribution in [-0.2, 0) is 0 Å². The summed E-state index contributed by atoms with van der Waals surface area (Å²) in [6.07, 6.45) is 2.30. The van der Waals surface area contributed by atoms with Crippen LogP contribution in [-0.4, -0.2) is 17.5 Å². The van der Waals surface area contributed by atoms with Gasteiger partial charge in [-0.15, -0.1) is 0 Å². The van der Waals surface area contributed by atoms with Crippen molar-refractivity contribution in [2.45, 2.75) is 26.7 Å². The molecule has 1 saturated heterocycles. The molecule has 2 rings (SSSR count). The smallest absolute Gasteiger partial charge is 0.157 e. The molecule has 0 aliphatic carbocycles. The Balaban J connectivity index is 2.18. The van der Waals surface area contributed by atoms with Crippen molar-refractivity contribution < 1.29 is 0 Å². The Kier molecular flexibility index (Phi) is 2.76. The first-order valence-corrected chi connectivity index (χ1v) is 6.21. The molecular formula is C11H16N4S. The van der Waals surface area contributed by atoms with Gasteiger partial charge in [0, 0.05) is 13.1 Å².